The summed E-state index contributed by atoms with van der Waals surface area (Å²) < 4.78 is 0. The fourth-order valence-electron chi connectivity index (χ4n) is 1.10. The number of aromatic nitrogens is 1. The Labute approximate surface area is 76.8 Å². The molecule has 1 N–H and O–H groups in total. The maximum absolute atomic E-state index is 11.3. The van der Waals surface area contributed by atoms with Gasteiger partial charge in [0, 0.05) is 5.69 Å². The number of hydrogen-bond acceptors (Lipinski definition) is 2. The molecule has 0 aliphatic rings. The lowest BCUT2D eigenvalue weighted by atomic mass is 10.1. The van der Waals surface area contributed by atoms with Gasteiger partial charge in [-0.1, -0.05) is 13.8 Å². The Balaban J connectivity index is 3.21. The van der Waals surface area contributed by atoms with Crippen molar-refractivity contribution in [3.05, 3.63) is 33.7 Å². The maximum atomic E-state index is 11.3. The van der Waals surface area contributed by atoms with Crippen LogP contribution in [0.25, 0.3) is 0 Å². The summed E-state index contributed by atoms with van der Waals surface area (Å²) in [6.45, 7) is 5.36. The van der Waals surface area contributed by atoms with Crippen LogP contribution in [0.4, 0.5) is 0 Å². The van der Waals surface area contributed by atoms with Crippen LogP contribution < -0.4 is 5.56 Å². The highest BCUT2D eigenvalue weighted by Crippen LogP contribution is 2.08. The van der Waals surface area contributed by atoms with E-state index in [9.17, 15) is 9.59 Å². The Kier molecular flexibility index (Phi) is 2.66. The van der Waals surface area contributed by atoms with Crippen LogP contribution >= 0.6 is 0 Å². The van der Waals surface area contributed by atoms with Crippen molar-refractivity contribution in [1.29, 1.82) is 0 Å². The molecule has 3 nitrogen and oxygen atoms in total. The van der Waals surface area contributed by atoms with Gasteiger partial charge in [-0.25, -0.2) is 0 Å². The molecule has 0 spiro atoms. The third-order valence-electron chi connectivity index (χ3n) is 1.93. The quantitative estimate of drug-likeness (QED) is 0.702. The van der Waals surface area contributed by atoms with Gasteiger partial charge in [-0.05, 0) is 25.0 Å². The summed E-state index contributed by atoms with van der Waals surface area (Å²) in [4.78, 5) is 24.9. The predicted molar refractivity (Wildman–Crippen MR) is 51.2 cm³/mol. The van der Waals surface area contributed by atoms with E-state index in [1.807, 2.05) is 13.8 Å². The molecular weight excluding hydrogens is 166 g/mol. The molecule has 0 unspecified atom stereocenters. The van der Waals surface area contributed by atoms with Gasteiger partial charge in [-0.3, -0.25) is 9.59 Å². The fraction of sp³-hybridized carbons (Fsp3) is 0.400. The Bertz CT molecular complexity index is 377. The number of carbonyl (C=O) groups excluding carboxylic acids is 1. The number of Topliss-reactive ketones (excluding diaryl/α,β-unsaturated/α-hetero) is 1. The minimum absolute atomic E-state index is 0.198. The molecule has 1 aromatic heterocycles. The summed E-state index contributed by atoms with van der Waals surface area (Å²) in [7, 11) is 0. The van der Waals surface area contributed by atoms with E-state index in [1.54, 1.807) is 12.1 Å². The van der Waals surface area contributed by atoms with Crippen LogP contribution in [0.5, 0.6) is 0 Å². The van der Waals surface area contributed by atoms with Crippen molar-refractivity contribution in [1.82, 2.24) is 4.98 Å². The van der Waals surface area contributed by atoms with Gasteiger partial charge in [0.15, 0.2) is 5.78 Å². The van der Waals surface area contributed by atoms with Gasteiger partial charge in [-0.15, -0.1) is 0 Å². The normalized spacial score (nSPS) is 10.5. The van der Waals surface area contributed by atoms with Crippen LogP contribution in [0.2, 0.25) is 0 Å². The molecule has 1 aromatic rings. The van der Waals surface area contributed by atoms with Gasteiger partial charge >= 0.3 is 0 Å². The molecule has 70 valence electrons. The molecular formula is C10H13NO2. The number of pyridine rings is 1. The smallest absolute Gasteiger partial charge is 0.259 e. The van der Waals surface area contributed by atoms with E-state index in [0.29, 0.717) is 0 Å². The summed E-state index contributed by atoms with van der Waals surface area (Å²) >= 11 is 0. The van der Waals surface area contributed by atoms with Gasteiger partial charge in [0.25, 0.3) is 5.56 Å². The SMILES string of the molecule is CC(=O)c1ccc(C(C)C)[nH]c1=O. The molecule has 0 aromatic carbocycles. The maximum Gasteiger partial charge on any atom is 0.259 e. The number of nitrogens with one attached hydrogen (secondary N) is 1. The minimum atomic E-state index is -0.293. The molecule has 0 aliphatic heterocycles. The van der Waals surface area contributed by atoms with E-state index < -0.39 is 0 Å². The highest BCUT2D eigenvalue weighted by Gasteiger charge is 2.06. The van der Waals surface area contributed by atoms with Crippen LogP contribution in [0, 0.1) is 0 Å². The third-order valence-corrected chi connectivity index (χ3v) is 1.93. The summed E-state index contributed by atoms with van der Waals surface area (Å²) in [6, 6.07) is 3.36. The molecule has 0 atom stereocenters. The van der Waals surface area contributed by atoms with Gasteiger partial charge in [0.05, 0.1) is 5.56 Å². The van der Waals surface area contributed by atoms with E-state index in [0.717, 1.165) is 5.69 Å². The Morgan fingerprint density at radius 2 is 2.00 bits per heavy atom. The zero-order chi connectivity index (χ0) is 10.0. The molecule has 0 saturated heterocycles. The van der Waals surface area contributed by atoms with Crippen molar-refractivity contribution in [3.8, 4) is 0 Å². The van der Waals surface area contributed by atoms with Gasteiger partial charge < -0.3 is 4.98 Å². The molecule has 0 bridgehead atoms. The molecule has 1 heterocycles. The fourth-order valence-corrected chi connectivity index (χ4v) is 1.10. The predicted octanol–water partition coefficient (Wildman–Crippen LogP) is 1.70. The Morgan fingerprint density at radius 3 is 2.38 bits per heavy atom. The lowest BCUT2D eigenvalue weighted by Crippen LogP contribution is -2.17. The lowest BCUT2D eigenvalue weighted by Gasteiger charge is -2.04. The molecule has 3 heteroatoms. The molecule has 0 fully saturated rings. The van der Waals surface area contributed by atoms with E-state index in [-0.39, 0.29) is 22.8 Å². The van der Waals surface area contributed by atoms with Crippen molar-refractivity contribution < 1.29 is 4.79 Å². The van der Waals surface area contributed by atoms with E-state index in [4.69, 9.17) is 0 Å². The first-order valence-corrected chi connectivity index (χ1v) is 4.26. The zero-order valence-electron chi connectivity index (χ0n) is 8.05. The number of carbonyl (C=O) groups is 1. The third kappa shape index (κ3) is 2.05. The molecule has 1 rings (SSSR count). The van der Waals surface area contributed by atoms with Gasteiger partial charge in [0.2, 0.25) is 0 Å². The Hall–Kier alpha value is -1.38. The molecule has 0 radical (unpaired) electrons. The average Bonchev–Trinajstić information content (AvgIpc) is 2.03. The Morgan fingerprint density at radius 1 is 1.38 bits per heavy atom. The van der Waals surface area contributed by atoms with Crippen molar-refractivity contribution in [2.75, 3.05) is 0 Å². The van der Waals surface area contributed by atoms with Crippen molar-refractivity contribution >= 4 is 5.78 Å². The first kappa shape index (κ1) is 9.71. The van der Waals surface area contributed by atoms with Crippen LogP contribution in [0.1, 0.15) is 42.7 Å². The average molecular weight is 179 g/mol. The number of hydrogen-bond donors (Lipinski definition) is 1. The minimum Gasteiger partial charge on any atom is -0.325 e. The van der Waals surface area contributed by atoms with E-state index >= 15 is 0 Å². The summed E-state index contributed by atoms with van der Waals surface area (Å²) in [5.74, 6) is 0.0743. The number of H-pyrrole nitrogens is 1. The summed E-state index contributed by atoms with van der Waals surface area (Å²) in [5.41, 5.74) is 0.790. The van der Waals surface area contributed by atoms with Crippen molar-refractivity contribution in [3.63, 3.8) is 0 Å². The van der Waals surface area contributed by atoms with E-state index in [2.05, 4.69) is 4.98 Å². The van der Waals surface area contributed by atoms with Crippen LogP contribution in [0.3, 0.4) is 0 Å². The van der Waals surface area contributed by atoms with Crippen LogP contribution in [0.15, 0.2) is 16.9 Å². The van der Waals surface area contributed by atoms with Crippen LogP contribution in [-0.4, -0.2) is 10.8 Å². The first-order chi connectivity index (χ1) is 6.02. The van der Waals surface area contributed by atoms with Crippen molar-refractivity contribution in [2.24, 2.45) is 0 Å². The summed E-state index contributed by atoms with van der Waals surface area (Å²) in [6.07, 6.45) is 0. The second-order valence-corrected chi connectivity index (χ2v) is 3.37. The van der Waals surface area contributed by atoms with E-state index in [1.165, 1.54) is 6.92 Å². The standard InChI is InChI=1S/C10H13NO2/c1-6(2)9-5-4-8(7(3)12)10(13)11-9/h4-6H,1-3H3,(H,11,13). The van der Waals surface area contributed by atoms with Gasteiger partial charge in [-0.2, -0.15) is 0 Å². The second kappa shape index (κ2) is 3.56. The largest absolute Gasteiger partial charge is 0.325 e. The van der Waals surface area contributed by atoms with Crippen molar-refractivity contribution in [2.45, 2.75) is 26.7 Å². The second-order valence-electron chi connectivity index (χ2n) is 3.37. The number of aromatic amines is 1. The van der Waals surface area contributed by atoms with Gasteiger partial charge in [0.1, 0.15) is 0 Å². The highest BCUT2D eigenvalue weighted by atomic mass is 16.1. The highest BCUT2D eigenvalue weighted by molar-refractivity contribution is 5.93. The lowest BCUT2D eigenvalue weighted by molar-refractivity contribution is 0.101. The summed E-state index contributed by atoms with van der Waals surface area (Å²) in [5, 5.41) is 0. The molecule has 0 amide bonds. The molecule has 0 saturated carbocycles. The topological polar surface area (TPSA) is 49.9 Å². The molecule has 13 heavy (non-hydrogen) atoms. The molecule has 0 aliphatic carbocycles. The zero-order valence-corrected chi connectivity index (χ0v) is 8.05. The number of ketones is 1. The number of rotatable bonds is 2. The monoisotopic (exact) mass is 179 g/mol. The van der Waals surface area contributed by atoms with Crippen LogP contribution in [-0.2, 0) is 0 Å². The first-order valence-electron chi connectivity index (χ1n) is 4.26.